The zero-order valence-corrected chi connectivity index (χ0v) is 5.63. The minimum Gasteiger partial charge on any atom is -0.516 e. The van der Waals surface area contributed by atoms with Gasteiger partial charge in [0.15, 0.2) is 9.84 Å². The number of hydrogen-bond acceptors (Lipinski definition) is 3. The lowest BCUT2D eigenvalue weighted by Crippen LogP contribution is -1.97. The summed E-state index contributed by atoms with van der Waals surface area (Å²) >= 11 is 0. The molecule has 0 bridgehead atoms. The molecule has 0 fully saturated rings. The zero-order valence-electron chi connectivity index (χ0n) is 4.82. The van der Waals surface area contributed by atoms with Gasteiger partial charge >= 0.3 is 0 Å². The molecule has 0 aromatic heterocycles. The highest BCUT2D eigenvalue weighted by molar-refractivity contribution is 7.94. The highest BCUT2D eigenvalue weighted by Gasteiger charge is 1.98. The smallest absolute Gasteiger partial charge is 0.174 e. The topological polar surface area (TPSA) is 54.4 Å². The molecule has 0 aliphatic carbocycles. The molecule has 0 heterocycles. The fraction of sp³-hybridized carbons (Fsp3) is 0.200. The SMILES string of the molecule is C=CS(=O)(=O)CC=CO. The third-order valence-electron chi connectivity index (χ3n) is 0.688. The van der Waals surface area contributed by atoms with Crippen LogP contribution >= 0.6 is 0 Å². The van der Waals surface area contributed by atoms with Gasteiger partial charge in [-0.1, -0.05) is 6.58 Å². The third kappa shape index (κ3) is 3.78. The minimum atomic E-state index is -3.16. The van der Waals surface area contributed by atoms with Crippen LogP contribution in [0.25, 0.3) is 0 Å². The van der Waals surface area contributed by atoms with Gasteiger partial charge in [0, 0.05) is 5.41 Å². The third-order valence-corrected chi connectivity index (χ3v) is 1.85. The van der Waals surface area contributed by atoms with Crippen LogP contribution in [0.2, 0.25) is 0 Å². The van der Waals surface area contributed by atoms with E-state index in [-0.39, 0.29) is 5.75 Å². The van der Waals surface area contributed by atoms with Crippen LogP contribution in [-0.2, 0) is 9.84 Å². The monoisotopic (exact) mass is 148 g/mol. The van der Waals surface area contributed by atoms with Gasteiger partial charge in [-0.15, -0.1) is 0 Å². The molecule has 0 aliphatic heterocycles. The molecule has 0 radical (unpaired) electrons. The van der Waals surface area contributed by atoms with Crippen LogP contribution in [0.4, 0.5) is 0 Å². The van der Waals surface area contributed by atoms with Crippen LogP contribution in [0.15, 0.2) is 24.3 Å². The molecule has 0 aromatic rings. The van der Waals surface area contributed by atoms with Crippen LogP contribution in [0.1, 0.15) is 0 Å². The Bertz CT molecular complexity index is 200. The molecule has 0 aromatic carbocycles. The molecule has 1 N–H and O–H groups in total. The van der Waals surface area contributed by atoms with Crippen molar-refractivity contribution in [2.75, 3.05) is 5.75 Å². The fourth-order valence-corrected chi connectivity index (χ4v) is 0.736. The van der Waals surface area contributed by atoms with Crippen molar-refractivity contribution in [3.05, 3.63) is 24.3 Å². The van der Waals surface area contributed by atoms with E-state index in [9.17, 15) is 8.42 Å². The maximum atomic E-state index is 10.5. The second-order valence-corrected chi connectivity index (χ2v) is 3.37. The van der Waals surface area contributed by atoms with Crippen LogP contribution in [0.3, 0.4) is 0 Å². The van der Waals surface area contributed by atoms with Gasteiger partial charge in [0.2, 0.25) is 0 Å². The summed E-state index contributed by atoms with van der Waals surface area (Å²) in [5.74, 6) is -0.188. The first-order chi connectivity index (χ1) is 4.12. The van der Waals surface area contributed by atoms with E-state index in [2.05, 4.69) is 6.58 Å². The summed E-state index contributed by atoms with van der Waals surface area (Å²) in [6, 6.07) is 0. The van der Waals surface area contributed by atoms with Crippen molar-refractivity contribution in [2.24, 2.45) is 0 Å². The molecule has 0 atom stereocenters. The van der Waals surface area contributed by atoms with Crippen molar-refractivity contribution >= 4 is 9.84 Å². The molecule has 3 nitrogen and oxygen atoms in total. The van der Waals surface area contributed by atoms with Crippen LogP contribution in [0.5, 0.6) is 0 Å². The van der Waals surface area contributed by atoms with Crippen molar-refractivity contribution < 1.29 is 13.5 Å². The van der Waals surface area contributed by atoms with Crippen LogP contribution in [-0.4, -0.2) is 19.3 Å². The van der Waals surface area contributed by atoms with Crippen molar-refractivity contribution in [1.82, 2.24) is 0 Å². The summed E-state index contributed by atoms with van der Waals surface area (Å²) in [4.78, 5) is 0. The second kappa shape index (κ2) is 3.29. The van der Waals surface area contributed by atoms with Gasteiger partial charge in [0.1, 0.15) is 0 Å². The predicted molar refractivity (Wildman–Crippen MR) is 35.8 cm³/mol. The molecule has 52 valence electrons. The highest BCUT2D eigenvalue weighted by atomic mass is 32.2. The lowest BCUT2D eigenvalue weighted by Gasteiger charge is -1.86. The molecule has 0 saturated heterocycles. The zero-order chi connectivity index (χ0) is 7.33. The van der Waals surface area contributed by atoms with Gasteiger partial charge in [-0.3, -0.25) is 0 Å². The van der Waals surface area contributed by atoms with Gasteiger partial charge in [-0.25, -0.2) is 8.42 Å². The lowest BCUT2D eigenvalue weighted by atomic mass is 10.7. The Morgan fingerprint density at radius 2 is 2.11 bits per heavy atom. The second-order valence-electron chi connectivity index (χ2n) is 1.38. The normalized spacial score (nSPS) is 12.0. The molecule has 0 spiro atoms. The van der Waals surface area contributed by atoms with Crippen molar-refractivity contribution in [1.29, 1.82) is 0 Å². The molecule has 0 amide bonds. The summed E-state index contributed by atoms with van der Waals surface area (Å²) in [7, 11) is -3.16. The first-order valence-corrected chi connectivity index (χ1v) is 3.98. The van der Waals surface area contributed by atoms with Crippen molar-refractivity contribution in [3.63, 3.8) is 0 Å². The number of aliphatic hydroxyl groups is 1. The van der Waals surface area contributed by atoms with Gasteiger partial charge in [-0.2, -0.15) is 0 Å². The summed E-state index contributed by atoms with van der Waals surface area (Å²) in [5.41, 5.74) is 0. The Kier molecular flexibility index (Phi) is 3.01. The summed E-state index contributed by atoms with van der Waals surface area (Å²) < 4.78 is 21.0. The van der Waals surface area contributed by atoms with E-state index >= 15 is 0 Å². The predicted octanol–water partition coefficient (Wildman–Crippen LogP) is 0.616. The van der Waals surface area contributed by atoms with Gasteiger partial charge in [0.25, 0.3) is 0 Å². The molecule has 0 rings (SSSR count). The lowest BCUT2D eigenvalue weighted by molar-refractivity contribution is 0.472. The van der Waals surface area contributed by atoms with E-state index in [1.165, 1.54) is 0 Å². The maximum absolute atomic E-state index is 10.5. The average molecular weight is 148 g/mol. The van der Waals surface area contributed by atoms with E-state index in [1.807, 2.05) is 0 Å². The van der Waals surface area contributed by atoms with Crippen molar-refractivity contribution in [2.45, 2.75) is 0 Å². The van der Waals surface area contributed by atoms with Gasteiger partial charge in [0.05, 0.1) is 12.0 Å². The number of aliphatic hydroxyl groups excluding tert-OH is 1. The van der Waals surface area contributed by atoms with Crippen LogP contribution < -0.4 is 0 Å². The summed E-state index contributed by atoms with van der Waals surface area (Å²) in [5, 5.41) is 8.90. The molecule has 0 saturated carbocycles. The first-order valence-electron chi connectivity index (χ1n) is 2.27. The quantitative estimate of drug-likeness (QED) is 0.597. The average Bonchev–Trinajstić information content (AvgIpc) is 1.84. The van der Waals surface area contributed by atoms with E-state index in [4.69, 9.17) is 5.11 Å². The molecule has 0 unspecified atom stereocenters. The largest absolute Gasteiger partial charge is 0.516 e. The number of rotatable bonds is 3. The van der Waals surface area contributed by atoms with E-state index in [0.717, 1.165) is 11.5 Å². The molecule has 9 heavy (non-hydrogen) atoms. The molecular formula is C5H8O3S. The summed E-state index contributed by atoms with van der Waals surface area (Å²) in [6.45, 7) is 3.08. The van der Waals surface area contributed by atoms with E-state index in [0.29, 0.717) is 6.26 Å². The van der Waals surface area contributed by atoms with Gasteiger partial charge < -0.3 is 5.11 Å². The highest BCUT2D eigenvalue weighted by Crippen LogP contribution is 1.89. The summed E-state index contributed by atoms with van der Waals surface area (Å²) in [6.07, 6.45) is 1.83. The van der Waals surface area contributed by atoms with E-state index < -0.39 is 9.84 Å². The van der Waals surface area contributed by atoms with Crippen LogP contribution in [0, 0.1) is 0 Å². The number of hydrogen-bond donors (Lipinski definition) is 1. The Balaban J connectivity index is 4.05. The fourth-order valence-electron chi connectivity index (χ4n) is 0.245. The van der Waals surface area contributed by atoms with Gasteiger partial charge in [-0.05, 0) is 6.08 Å². The standard InChI is InChI=1S/C5H8O3S/c1-2-9(7,8)5-3-4-6/h2-4,6H,1,5H2. The first kappa shape index (κ1) is 8.23. The Labute approximate surface area is 54.2 Å². The minimum absolute atomic E-state index is 0.188. The molecular weight excluding hydrogens is 140 g/mol. The Hall–Kier alpha value is -0.770. The molecule has 4 heteroatoms. The Morgan fingerprint density at radius 1 is 1.56 bits per heavy atom. The molecule has 0 aliphatic rings. The Morgan fingerprint density at radius 3 is 2.44 bits per heavy atom. The van der Waals surface area contributed by atoms with E-state index in [1.54, 1.807) is 0 Å². The maximum Gasteiger partial charge on any atom is 0.174 e. The number of sulfone groups is 1. The van der Waals surface area contributed by atoms with Crippen molar-refractivity contribution in [3.8, 4) is 0 Å².